The molecule has 0 aromatic rings. The Bertz CT molecular complexity index is 247. The van der Waals surface area contributed by atoms with Crippen LogP contribution in [0, 0.1) is 0 Å². The van der Waals surface area contributed by atoms with Crippen LogP contribution in [0.1, 0.15) is 84.5 Å². The van der Waals surface area contributed by atoms with E-state index in [1.807, 2.05) is 0 Å². The van der Waals surface area contributed by atoms with Gasteiger partial charge in [0.25, 0.3) is 0 Å². The predicted molar refractivity (Wildman–Crippen MR) is 102 cm³/mol. The van der Waals surface area contributed by atoms with Gasteiger partial charge in [0.15, 0.2) is 0 Å². The maximum atomic E-state index is 3.96. The summed E-state index contributed by atoms with van der Waals surface area (Å²) in [5, 5.41) is 0. The van der Waals surface area contributed by atoms with Gasteiger partial charge in [-0.2, -0.15) is 0 Å². The van der Waals surface area contributed by atoms with Gasteiger partial charge < -0.3 is 4.48 Å². The van der Waals surface area contributed by atoms with Crippen LogP contribution >= 0.6 is 0 Å². The molecule has 0 rings (SSSR count). The fourth-order valence-electron chi connectivity index (χ4n) is 3.51. The summed E-state index contributed by atoms with van der Waals surface area (Å²) in [6.07, 6.45) is 19.6. The molecule has 0 aromatic heterocycles. The Balaban J connectivity index is 3.75. The molecule has 0 bridgehead atoms. The molecule has 0 heterocycles. The zero-order valence-electron chi connectivity index (χ0n) is 15.6. The van der Waals surface area contributed by atoms with E-state index in [1.54, 1.807) is 0 Å². The number of hydrogen-bond acceptors (Lipinski definition) is 0. The lowest BCUT2D eigenvalue weighted by molar-refractivity contribution is -0.917. The van der Waals surface area contributed by atoms with Gasteiger partial charge in [-0.05, 0) is 31.4 Å². The topological polar surface area (TPSA) is 0 Å². The van der Waals surface area contributed by atoms with Crippen molar-refractivity contribution in [2.45, 2.75) is 84.5 Å². The second-order valence-electron chi connectivity index (χ2n) is 6.91. The summed E-state index contributed by atoms with van der Waals surface area (Å²) in [4.78, 5) is 0. The molecule has 130 valence electrons. The lowest BCUT2D eigenvalue weighted by atomic mass is 10.1. The van der Waals surface area contributed by atoms with Crippen molar-refractivity contribution in [1.82, 2.24) is 0 Å². The van der Waals surface area contributed by atoms with Gasteiger partial charge in [-0.15, -0.1) is 0 Å². The van der Waals surface area contributed by atoms with Gasteiger partial charge >= 0.3 is 0 Å². The van der Waals surface area contributed by atoms with Crippen LogP contribution in [0.3, 0.4) is 0 Å². The first-order chi connectivity index (χ1) is 10.7. The molecule has 0 atom stereocenters. The van der Waals surface area contributed by atoms with Gasteiger partial charge in [-0.1, -0.05) is 78.4 Å². The van der Waals surface area contributed by atoms with Crippen molar-refractivity contribution in [3.05, 3.63) is 25.3 Å². The largest absolute Gasteiger partial charge is 0.317 e. The van der Waals surface area contributed by atoms with Crippen LogP contribution in [0.5, 0.6) is 0 Å². The van der Waals surface area contributed by atoms with E-state index in [1.165, 1.54) is 88.2 Å². The second-order valence-corrected chi connectivity index (χ2v) is 6.91. The van der Waals surface area contributed by atoms with Crippen LogP contribution in [0.4, 0.5) is 0 Å². The number of unbranched alkanes of at least 4 members (excludes halogenated alkanes) is 9. The number of hydrogen-bond donors (Lipinski definition) is 0. The van der Waals surface area contributed by atoms with Gasteiger partial charge in [-0.25, -0.2) is 0 Å². The predicted octanol–water partition coefficient (Wildman–Crippen LogP) is 6.51. The SMILES string of the molecule is C=CC[N+](CC=C)(CCC)CCCCCCCCCCCC. The van der Waals surface area contributed by atoms with Gasteiger partial charge in [0.1, 0.15) is 0 Å². The number of nitrogens with zero attached hydrogens (tertiary/aromatic N) is 1. The molecule has 0 fully saturated rings. The van der Waals surface area contributed by atoms with Crippen molar-refractivity contribution in [3.63, 3.8) is 0 Å². The Morgan fingerprint density at radius 3 is 1.45 bits per heavy atom. The molecule has 0 aliphatic rings. The molecule has 22 heavy (non-hydrogen) atoms. The number of quaternary nitrogens is 1. The normalized spacial score (nSPS) is 11.5. The minimum atomic E-state index is 1.09. The molecular weight excluding hydrogens is 266 g/mol. The van der Waals surface area contributed by atoms with E-state index < -0.39 is 0 Å². The fourth-order valence-corrected chi connectivity index (χ4v) is 3.51. The summed E-state index contributed by atoms with van der Waals surface area (Å²) < 4.78 is 1.17. The molecule has 0 amide bonds. The molecule has 0 unspecified atom stereocenters. The average Bonchev–Trinajstić information content (AvgIpc) is 2.50. The highest BCUT2D eigenvalue weighted by Gasteiger charge is 2.22. The molecule has 0 aliphatic heterocycles. The summed E-state index contributed by atoms with van der Waals surface area (Å²) in [5.74, 6) is 0. The van der Waals surface area contributed by atoms with Gasteiger partial charge in [-0.3, -0.25) is 0 Å². The van der Waals surface area contributed by atoms with Crippen molar-refractivity contribution < 1.29 is 4.48 Å². The van der Waals surface area contributed by atoms with Crippen molar-refractivity contribution in [2.75, 3.05) is 26.2 Å². The minimum absolute atomic E-state index is 1.09. The van der Waals surface area contributed by atoms with Crippen LogP contribution in [0.2, 0.25) is 0 Å². The van der Waals surface area contributed by atoms with Gasteiger partial charge in [0.2, 0.25) is 0 Å². The third kappa shape index (κ3) is 11.1. The van der Waals surface area contributed by atoms with E-state index >= 15 is 0 Å². The highest BCUT2D eigenvalue weighted by molar-refractivity contribution is 4.72. The maximum Gasteiger partial charge on any atom is 0.0973 e. The first-order valence-electron chi connectivity index (χ1n) is 9.81. The van der Waals surface area contributed by atoms with Crippen LogP contribution < -0.4 is 0 Å². The lowest BCUT2D eigenvalue weighted by Gasteiger charge is -2.37. The summed E-state index contributed by atoms with van der Waals surface area (Å²) in [7, 11) is 0. The Kier molecular flexibility index (Phi) is 14.9. The summed E-state index contributed by atoms with van der Waals surface area (Å²) in [6, 6.07) is 0. The Labute approximate surface area is 141 Å². The lowest BCUT2D eigenvalue weighted by Crippen LogP contribution is -2.49. The van der Waals surface area contributed by atoms with Crippen molar-refractivity contribution in [1.29, 1.82) is 0 Å². The summed E-state index contributed by atoms with van der Waals surface area (Å²) in [5.41, 5.74) is 0. The van der Waals surface area contributed by atoms with E-state index in [-0.39, 0.29) is 0 Å². The molecule has 1 nitrogen and oxygen atoms in total. The smallest absolute Gasteiger partial charge is 0.0973 e. The van der Waals surface area contributed by atoms with Crippen LogP contribution in [-0.2, 0) is 0 Å². The van der Waals surface area contributed by atoms with Crippen molar-refractivity contribution in [3.8, 4) is 0 Å². The van der Waals surface area contributed by atoms with E-state index in [0.29, 0.717) is 0 Å². The third-order valence-corrected chi connectivity index (χ3v) is 4.72. The highest BCUT2D eigenvalue weighted by atomic mass is 15.3. The standard InChI is InChI=1S/C21H42N/c1-5-9-10-11-12-13-14-15-16-17-21-22(18-6-2,19-7-3)20-8-4/h6-7H,2-3,5,8-21H2,1,4H3/q+1. The maximum absolute atomic E-state index is 3.96. The first kappa shape index (κ1) is 21.4. The second kappa shape index (κ2) is 15.3. The van der Waals surface area contributed by atoms with Crippen molar-refractivity contribution in [2.24, 2.45) is 0 Å². The molecule has 0 spiro atoms. The average molecular weight is 309 g/mol. The summed E-state index contributed by atoms with van der Waals surface area (Å²) >= 11 is 0. The third-order valence-electron chi connectivity index (χ3n) is 4.72. The Morgan fingerprint density at radius 2 is 1.05 bits per heavy atom. The summed E-state index contributed by atoms with van der Waals surface area (Å²) in [6.45, 7) is 17.2. The molecular formula is C21H42N+. The van der Waals surface area contributed by atoms with E-state index in [9.17, 15) is 0 Å². The zero-order valence-corrected chi connectivity index (χ0v) is 15.6. The molecule has 1 heteroatoms. The Hall–Kier alpha value is -0.560. The van der Waals surface area contributed by atoms with E-state index in [2.05, 4.69) is 39.2 Å². The molecule has 0 saturated carbocycles. The quantitative estimate of drug-likeness (QED) is 0.163. The molecule has 0 saturated heterocycles. The van der Waals surface area contributed by atoms with Crippen LogP contribution in [-0.4, -0.2) is 30.7 Å². The highest BCUT2D eigenvalue weighted by Crippen LogP contribution is 2.15. The zero-order chi connectivity index (χ0) is 16.5. The fraction of sp³-hybridized carbons (Fsp3) is 0.810. The minimum Gasteiger partial charge on any atom is -0.317 e. The van der Waals surface area contributed by atoms with Gasteiger partial charge in [0.05, 0.1) is 26.2 Å². The molecule has 0 aromatic carbocycles. The van der Waals surface area contributed by atoms with Crippen LogP contribution in [0.15, 0.2) is 25.3 Å². The van der Waals surface area contributed by atoms with E-state index in [4.69, 9.17) is 0 Å². The Morgan fingerprint density at radius 1 is 0.591 bits per heavy atom. The monoisotopic (exact) mass is 308 g/mol. The van der Waals surface area contributed by atoms with Crippen molar-refractivity contribution >= 4 is 0 Å². The molecule has 0 aliphatic carbocycles. The van der Waals surface area contributed by atoms with Gasteiger partial charge in [0, 0.05) is 0 Å². The van der Waals surface area contributed by atoms with Crippen LogP contribution in [0.25, 0.3) is 0 Å². The molecule has 0 radical (unpaired) electrons. The van der Waals surface area contributed by atoms with E-state index in [0.717, 1.165) is 13.1 Å². The molecule has 0 N–H and O–H groups in total. The first-order valence-corrected chi connectivity index (χ1v) is 9.81. The number of rotatable bonds is 17.